The van der Waals surface area contributed by atoms with Crippen LogP contribution in [0, 0.1) is 0 Å². The van der Waals surface area contributed by atoms with Crippen molar-refractivity contribution >= 4 is 28.8 Å². The van der Waals surface area contributed by atoms with Crippen LogP contribution in [-0.4, -0.2) is 21.7 Å². The van der Waals surface area contributed by atoms with Crippen molar-refractivity contribution in [3.8, 4) is 0 Å². The minimum Gasteiger partial charge on any atom is -0.285 e. The monoisotopic (exact) mass is 295 g/mol. The maximum atomic E-state index is 11.6. The molecule has 0 N–H and O–H groups in total. The van der Waals surface area contributed by atoms with E-state index in [0.717, 1.165) is 0 Å². The molecule has 72 valence electrons. The van der Waals surface area contributed by atoms with Gasteiger partial charge < -0.3 is 0 Å². The first-order chi connectivity index (χ1) is 5.37. The standard InChI is InChI=1S/C6H9F3INO/c1-2-11(10)5(12)3-4-6(7,8)9/h2-4H2,1H3. The van der Waals surface area contributed by atoms with Gasteiger partial charge in [-0.25, -0.2) is 0 Å². The zero-order chi connectivity index (χ0) is 9.78. The molecule has 0 bridgehead atoms. The molecule has 0 spiro atoms. The number of nitrogens with zero attached hydrogens (tertiary/aromatic N) is 1. The molecule has 0 aromatic rings. The third-order valence-corrected chi connectivity index (χ3v) is 2.39. The minimum absolute atomic E-state index is 0.428. The van der Waals surface area contributed by atoms with E-state index < -0.39 is 24.9 Å². The lowest BCUT2D eigenvalue weighted by atomic mass is 10.3. The average molecular weight is 295 g/mol. The fourth-order valence-electron chi connectivity index (χ4n) is 0.546. The lowest BCUT2D eigenvalue weighted by Gasteiger charge is -2.12. The SMILES string of the molecule is CCN(I)C(=O)CCC(F)(F)F. The molecular formula is C6H9F3INO. The third kappa shape index (κ3) is 5.62. The number of hydrogen-bond donors (Lipinski definition) is 0. The van der Waals surface area contributed by atoms with Crippen molar-refractivity contribution in [3.63, 3.8) is 0 Å². The van der Waals surface area contributed by atoms with Gasteiger partial charge in [0, 0.05) is 13.0 Å². The van der Waals surface area contributed by atoms with Crippen LogP contribution in [0.5, 0.6) is 0 Å². The molecule has 6 heteroatoms. The number of carbonyl (C=O) groups excluding carboxylic acids is 1. The molecule has 0 saturated heterocycles. The van der Waals surface area contributed by atoms with E-state index in [9.17, 15) is 18.0 Å². The normalized spacial score (nSPS) is 11.4. The van der Waals surface area contributed by atoms with Gasteiger partial charge in [0.1, 0.15) is 0 Å². The van der Waals surface area contributed by atoms with Crippen molar-refractivity contribution in [2.75, 3.05) is 6.54 Å². The lowest BCUT2D eigenvalue weighted by molar-refractivity contribution is -0.145. The molecule has 0 aliphatic carbocycles. The Morgan fingerprint density at radius 3 is 2.33 bits per heavy atom. The van der Waals surface area contributed by atoms with Crippen molar-refractivity contribution in [1.82, 2.24) is 3.11 Å². The number of amides is 1. The molecule has 0 aliphatic heterocycles. The van der Waals surface area contributed by atoms with Gasteiger partial charge in [0.15, 0.2) is 0 Å². The van der Waals surface area contributed by atoms with Crippen LogP contribution in [0.2, 0.25) is 0 Å². The molecule has 0 unspecified atom stereocenters. The average Bonchev–Trinajstić information content (AvgIpc) is 1.97. The van der Waals surface area contributed by atoms with Gasteiger partial charge in [0.25, 0.3) is 0 Å². The molecule has 0 heterocycles. The third-order valence-electron chi connectivity index (χ3n) is 1.17. The van der Waals surface area contributed by atoms with Crippen molar-refractivity contribution in [2.24, 2.45) is 0 Å². The minimum atomic E-state index is -4.24. The van der Waals surface area contributed by atoms with E-state index in [-0.39, 0.29) is 0 Å². The molecule has 0 aliphatic rings. The van der Waals surface area contributed by atoms with E-state index in [4.69, 9.17) is 0 Å². The second kappa shape index (κ2) is 4.88. The molecule has 0 atom stereocenters. The second-order valence-electron chi connectivity index (χ2n) is 2.19. The first-order valence-electron chi connectivity index (χ1n) is 3.39. The van der Waals surface area contributed by atoms with Crippen LogP contribution in [0.1, 0.15) is 19.8 Å². The van der Waals surface area contributed by atoms with Crippen molar-refractivity contribution < 1.29 is 18.0 Å². The maximum Gasteiger partial charge on any atom is 0.389 e. The fourth-order valence-corrected chi connectivity index (χ4v) is 0.788. The van der Waals surface area contributed by atoms with Crippen LogP contribution in [0.4, 0.5) is 13.2 Å². The van der Waals surface area contributed by atoms with Crippen LogP contribution < -0.4 is 0 Å². The zero-order valence-electron chi connectivity index (χ0n) is 6.49. The Labute approximate surface area is 82.6 Å². The summed E-state index contributed by atoms with van der Waals surface area (Å²) in [5.41, 5.74) is 0. The number of halogens is 4. The molecule has 1 amide bonds. The van der Waals surface area contributed by atoms with Gasteiger partial charge in [-0.2, -0.15) is 13.2 Å². The second-order valence-corrected chi connectivity index (χ2v) is 3.35. The van der Waals surface area contributed by atoms with Crippen LogP contribution in [0.15, 0.2) is 0 Å². The zero-order valence-corrected chi connectivity index (χ0v) is 8.65. The highest BCUT2D eigenvalue weighted by atomic mass is 127. The van der Waals surface area contributed by atoms with E-state index in [2.05, 4.69) is 0 Å². The molecule has 2 nitrogen and oxygen atoms in total. The van der Waals surface area contributed by atoms with Crippen molar-refractivity contribution in [2.45, 2.75) is 25.9 Å². The Balaban J connectivity index is 3.72. The van der Waals surface area contributed by atoms with Crippen molar-refractivity contribution in [1.29, 1.82) is 0 Å². The highest BCUT2D eigenvalue weighted by molar-refractivity contribution is 14.1. The van der Waals surface area contributed by atoms with Crippen molar-refractivity contribution in [3.05, 3.63) is 0 Å². The summed E-state index contributed by atoms with van der Waals surface area (Å²) in [6.07, 6.45) is -5.73. The maximum absolute atomic E-state index is 11.6. The number of carbonyl (C=O) groups is 1. The summed E-state index contributed by atoms with van der Waals surface area (Å²) in [5, 5.41) is 0. The molecule has 0 aromatic carbocycles. The summed E-state index contributed by atoms with van der Waals surface area (Å²) < 4.78 is 36.1. The number of rotatable bonds is 3. The van der Waals surface area contributed by atoms with Gasteiger partial charge >= 0.3 is 6.18 Å². The molecule has 0 fully saturated rings. The molecule has 0 radical (unpaired) electrons. The molecule has 12 heavy (non-hydrogen) atoms. The summed E-state index contributed by atoms with van der Waals surface area (Å²) in [4.78, 5) is 10.8. The first-order valence-corrected chi connectivity index (χ1v) is 4.36. The summed E-state index contributed by atoms with van der Waals surface area (Å²) in [6, 6.07) is 0. The van der Waals surface area contributed by atoms with Crippen LogP contribution >= 0.6 is 22.9 Å². The van der Waals surface area contributed by atoms with Gasteiger partial charge in [0.05, 0.1) is 29.3 Å². The van der Waals surface area contributed by atoms with Crippen LogP contribution in [0.25, 0.3) is 0 Å². The van der Waals surface area contributed by atoms with E-state index in [1.54, 1.807) is 29.8 Å². The molecular weight excluding hydrogens is 286 g/mol. The Bertz CT molecular complexity index is 159. The number of alkyl halides is 3. The molecule has 0 aromatic heterocycles. The highest BCUT2D eigenvalue weighted by Gasteiger charge is 2.28. The van der Waals surface area contributed by atoms with Gasteiger partial charge in [0.2, 0.25) is 5.91 Å². The van der Waals surface area contributed by atoms with Crippen LogP contribution in [0.3, 0.4) is 0 Å². The smallest absolute Gasteiger partial charge is 0.285 e. The van der Waals surface area contributed by atoms with Gasteiger partial charge in [-0.05, 0) is 6.92 Å². The largest absolute Gasteiger partial charge is 0.389 e. The van der Waals surface area contributed by atoms with Crippen LogP contribution in [-0.2, 0) is 4.79 Å². The van der Waals surface area contributed by atoms with E-state index in [0.29, 0.717) is 6.54 Å². The summed E-state index contributed by atoms with van der Waals surface area (Å²) in [6.45, 7) is 2.13. The highest BCUT2D eigenvalue weighted by Crippen LogP contribution is 2.22. The molecule has 0 rings (SSSR count). The predicted molar refractivity (Wildman–Crippen MR) is 46.7 cm³/mol. The molecule has 0 saturated carbocycles. The number of hydrogen-bond acceptors (Lipinski definition) is 1. The quantitative estimate of drug-likeness (QED) is 0.579. The van der Waals surface area contributed by atoms with E-state index in [1.165, 1.54) is 3.11 Å². The topological polar surface area (TPSA) is 20.3 Å². The summed E-state index contributed by atoms with van der Waals surface area (Å²) >= 11 is 1.70. The first kappa shape index (κ1) is 12.0. The Morgan fingerprint density at radius 2 is 2.00 bits per heavy atom. The Kier molecular flexibility index (Phi) is 4.88. The lowest BCUT2D eigenvalue weighted by Crippen LogP contribution is -2.22. The van der Waals surface area contributed by atoms with E-state index in [1.807, 2.05) is 0 Å². The summed E-state index contributed by atoms with van der Waals surface area (Å²) in [7, 11) is 0. The Hall–Kier alpha value is -0.0100. The Morgan fingerprint density at radius 1 is 1.50 bits per heavy atom. The van der Waals surface area contributed by atoms with Gasteiger partial charge in [-0.3, -0.25) is 7.91 Å². The fraction of sp³-hybridized carbons (Fsp3) is 0.833. The van der Waals surface area contributed by atoms with Gasteiger partial charge in [-0.15, -0.1) is 0 Å². The van der Waals surface area contributed by atoms with Gasteiger partial charge in [-0.1, -0.05) is 0 Å². The summed E-state index contributed by atoms with van der Waals surface area (Å²) in [5.74, 6) is -0.476. The van der Waals surface area contributed by atoms with E-state index >= 15 is 0 Å². The predicted octanol–water partition coefficient (Wildman–Crippen LogP) is 2.53.